The van der Waals surface area contributed by atoms with Crippen LogP contribution >= 0.6 is 0 Å². The third-order valence-corrected chi connectivity index (χ3v) is 3.96. The van der Waals surface area contributed by atoms with E-state index in [-0.39, 0.29) is 5.91 Å². The van der Waals surface area contributed by atoms with Crippen LogP contribution in [-0.2, 0) is 9.53 Å². The zero-order chi connectivity index (χ0) is 14.8. The van der Waals surface area contributed by atoms with Gasteiger partial charge in [-0.3, -0.25) is 9.69 Å². The first-order valence-electron chi connectivity index (χ1n) is 7.92. The fourth-order valence-corrected chi connectivity index (χ4v) is 2.92. The van der Waals surface area contributed by atoms with Gasteiger partial charge in [0.15, 0.2) is 0 Å². The second kappa shape index (κ2) is 10.1. The van der Waals surface area contributed by atoms with Crippen molar-refractivity contribution in [2.24, 2.45) is 0 Å². The minimum absolute atomic E-state index is 0.136. The number of hydrogen-bond acceptors (Lipinski definition) is 4. The molecule has 1 amide bonds. The number of carbonyl (C=O) groups is 1. The number of likely N-dealkylation sites (N-methyl/N-ethyl adjacent to an activating group) is 1. The summed E-state index contributed by atoms with van der Waals surface area (Å²) in [5, 5.41) is 6.46. The van der Waals surface area contributed by atoms with Crippen molar-refractivity contribution in [1.29, 1.82) is 0 Å². The highest BCUT2D eigenvalue weighted by Gasteiger charge is 2.27. The van der Waals surface area contributed by atoms with Gasteiger partial charge in [0.1, 0.15) is 0 Å². The number of piperidine rings is 1. The molecule has 0 bridgehead atoms. The molecule has 0 saturated carbocycles. The summed E-state index contributed by atoms with van der Waals surface area (Å²) in [6.45, 7) is 8.29. The van der Waals surface area contributed by atoms with E-state index in [2.05, 4.69) is 29.4 Å². The van der Waals surface area contributed by atoms with Crippen LogP contribution in [0.5, 0.6) is 0 Å². The molecular formula is C15H31N3O2. The zero-order valence-electron chi connectivity index (χ0n) is 13.3. The number of rotatable bonds is 9. The molecule has 118 valence electrons. The Bertz CT molecular complexity index is 274. The van der Waals surface area contributed by atoms with E-state index in [1.165, 1.54) is 19.3 Å². The third-order valence-electron chi connectivity index (χ3n) is 3.96. The molecule has 2 atom stereocenters. The molecule has 1 rings (SSSR count). The highest BCUT2D eigenvalue weighted by molar-refractivity contribution is 5.78. The first-order chi connectivity index (χ1) is 9.69. The van der Waals surface area contributed by atoms with Crippen molar-refractivity contribution in [2.75, 3.05) is 39.9 Å². The summed E-state index contributed by atoms with van der Waals surface area (Å²) in [4.78, 5) is 14.3. The molecule has 1 fully saturated rings. The number of nitrogens with zero attached hydrogens (tertiary/aromatic N) is 1. The normalized spacial score (nSPS) is 21.6. The molecule has 1 saturated heterocycles. The minimum atomic E-state index is 0.136. The predicted molar refractivity (Wildman–Crippen MR) is 81.9 cm³/mol. The predicted octanol–water partition coefficient (Wildman–Crippen LogP) is 0.992. The van der Waals surface area contributed by atoms with Gasteiger partial charge in [-0.25, -0.2) is 0 Å². The number of ether oxygens (including phenoxy) is 1. The maximum Gasteiger partial charge on any atom is 0.234 e. The van der Waals surface area contributed by atoms with E-state index in [0.717, 1.165) is 19.5 Å². The van der Waals surface area contributed by atoms with Crippen molar-refractivity contribution >= 4 is 5.91 Å². The summed E-state index contributed by atoms with van der Waals surface area (Å²) in [6, 6.07) is 0.926. The average Bonchev–Trinajstić information content (AvgIpc) is 2.44. The molecular weight excluding hydrogens is 254 g/mol. The van der Waals surface area contributed by atoms with Crippen LogP contribution in [0.4, 0.5) is 0 Å². The maximum absolute atomic E-state index is 12.0. The van der Waals surface area contributed by atoms with Crippen molar-refractivity contribution in [3.05, 3.63) is 0 Å². The number of nitrogens with one attached hydrogen (secondary N) is 2. The van der Waals surface area contributed by atoms with Crippen LogP contribution in [0.25, 0.3) is 0 Å². The topological polar surface area (TPSA) is 53.6 Å². The minimum Gasteiger partial charge on any atom is -0.385 e. The summed E-state index contributed by atoms with van der Waals surface area (Å²) >= 11 is 0. The van der Waals surface area contributed by atoms with E-state index in [4.69, 9.17) is 4.74 Å². The van der Waals surface area contributed by atoms with E-state index in [1.54, 1.807) is 7.11 Å². The van der Waals surface area contributed by atoms with E-state index in [1.807, 2.05) is 0 Å². The van der Waals surface area contributed by atoms with Crippen molar-refractivity contribution < 1.29 is 9.53 Å². The first kappa shape index (κ1) is 17.4. The molecule has 1 aliphatic rings. The number of likely N-dealkylation sites (tertiary alicyclic amines) is 1. The molecule has 0 spiro atoms. The lowest BCUT2D eigenvalue weighted by Gasteiger charge is -2.39. The number of hydrogen-bond donors (Lipinski definition) is 2. The van der Waals surface area contributed by atoms with Gasteiger partial charge in [0.2, 0.25) is 5.91 Å². The Morgan fingerprint density at radius 1 is 1.45 bits per heavy atom. The molecule has 0 aliphatic carbocycles. The molecule has 0 radical (unpaired) electrons. The van der Waals surface area contributed by atoms with Gasteiger partial charge in [-0.2, -0.15) is 0 Å². The summed E-state index contributed by atoms with van der Waals surface area (Å²) in [7, 11) is 1.68. The van der Waals surface area contributed by atoms with Gasteiger partial charge >= 0.3 is 0 Å². The lowest BCUT2D eigenvalue weighted by atomic mass is 9.96. The molecule has 2 N–H and O–H groups in total. The first-order valence-corrected chi connectivity index (χ1v) is 7.92. The second-order valence-electron chi connectivity index (χ2n) is 5.58. The lowest BCUT2D eigenvalue weighted by molar-refractivity contribution is -0.123. The van der Waals surface area contributed by atoms with Crippen LogP contribution in [0.2, 0.25) is 0 Å². The van der Waals surface area contributed by atoms with Gasteiger partial charge in [-0.05, 0) is 39.3 Å². The monoisotopic (exact) mass is 285 g/mol. The summed E-state index contributed by atoms with van der Waals surface area (Å²) < 4.78 is 4.98. The average molecular weight is 285 g/mol. The van der Waals surface area contributed by atoms with Crippen molar-refractivity contribution in [3.63, 3.8) is 0 Å². The van der Waals surface area contributed by atoms with E-state index >= 15 is 0 Å². The fourth-order valence-electron chi connectivity index (χ4n) is 2.92. The van der Waals surface area contributed by atoms with Gasteiger partial charge in [-0.15, -0.1) is 0 Å². The standard InChI is InChI=1S/C15H31N3O2/c1-4-16-13(2)14-8-5-6-10-18(14)12-15(19)17-9-7-11-20-3/h13-14,16H,4-12H2,1-3H3,(H,17,19). The molecule has 1 aliphatic heterocycles. The van der Waals surface area contributed by atoms with Gasteiger partial charge in [0, 0.05) is 32.3 Å². The fraction of sp³-hybridized carbons (Fsp3) is 0.933. The zero-order valence-corrected chi connectivity index (χ0v) is 13.3. The lowest BCUT2D eigenvalue weighted by Crippen LogP contribution is -2.53. The van der Waals surface area contributed by atoms with Crippen molar-refractivity contribution in [1.82, 2.24) is 15.5 Å². The van der Waals surface area contributed by atoms with Crippen LogP contribution in [0, 0.1) is 0 Å². The summed E-state index contributed by atoms with van der Waals surface area (Å²) in [6.07, 6.45) is 4.53. The van der Waals surface area contributed by atoms with Gasteiger partial charge < -0.3 is 15.4 Å². The Morgan fingerprint density at radius 3 is 2.95 bits per heavy atom. The number of amides is 1. The Balaban J connectivity index is 2.35. The molecule has 20 heavy (non-hydrogen) atoms. The Hall–Kier alpha value is -0.650. The van der Waals surface area contributed by atoms with Crippen LogP contribution in [0.3, 0.4) is 0 Å². The van der Waals surface area contributed by atoms with Gasteiger partial charge in [0.25, 0.3) is 0 Å². The number of carbonyl (C=O) groups excluding carboxylic acids is 1. The molecule has 5 nitrogen and oxygen atoms in total. The smallest absolute Gasteiger partial charge is 0.234 e. The maximum atomic E-state index is 12.0. The van der Waals surface area contributed by atoms with Crippen molar-refractivity contribution in [2.45, 2.75) is 51.6 Å². The van der Waals surface area contributed by atoms with Crippen LogP contribution < -0.4 is 10.6 Å². The Labute approximate surface area is 123 Å². The quantitative estimate of drug-likeness (QED) is 0.620. The summed E-state index contributed by atoms with van der Waals surface area (Å²) in [5.74, 6) is 0.136. The van der Waals surface area contributed by atoms with Crippen LogP contribution in [0.1, 0.15) is 39.5 Å². The Morgan fingerprint density at radius 2 is 2.25 bits per heavy atom. The largest absolute Gasteiger partial charge is 0.385 e. The number of methoxy groups -OCH3 is 1. The van der Waals surface area contributed by atoms with Gasteiger partial charge in [0.05, 0.1) is 6.54 Å². The highest BCUT2D eigenvalue weighted by Crippen LogP contribution is 2.19. The van der Waals surface area contributed by atoms with Gasteiger partial charge in [-0.1, -0.05) is 13.3 Å². The van der Waals surface area contributed by atoms with E-state index in [0.29, 0.717) is 31.8 Å². The van der Waals surface area contributed by atoms with Crippen LogP contribution in [0.15, 0.2) is 0 Å². The molecule has 5 heteroatoms. The van der Waals surface area contributed by atoms with Crippen molar-refractivity contribution in [3.8, 4) is 0 Å². The SMILES string of the molecule is CCNC(C)C1CCCCN1CC(=O)NCCCOC. The second-order valence-corrected chi connectivity index (χ2v) is 5.58. The Kier molecular flexibility index (Phi) is 8.82. The summed E-state index contributed by atoms with van der Waals surface area (Å²) in [5.41, 5.74) is 0. The van der Waals surface area contributed by atoms with Crippen LogP contribution in [-0.4, -0.2) is 62.8 Å². The molecule has 2 unspecified atom stereocenters. The molecule has 1 heterocycles. The van der Waals surface area contributed by atoms with E-state index < -0.39 is 0 Å². The van der Waals surface area contributed by atoms with E-state index in [9.17, 15) is 4.79 Å². The highest BCUT2D eigenvalue weighted by atomic mass is 16.5. The molecule has 0 aromatic heterocycles. The molecule has 0 aromatic rings. The third kappa shape index (κ3) is 6.20. The molecule has 0 aromatic carbocycles.